The quantitative estimate of drug-likeness (QED) is 0.889. The molecule has 2 aromatic rings. The number of aromatic nitrogens is 1. The Bertz CT molecular complexity index is 560. The van der Waals surface area contributed by atoms with Crippen molar-refractivity contribution in [1.29, 1.82) is 0 Å². The van der Waals surface area contributed by atoms with E-state index in [1.807, 2.05) is 0 Å². The third-order valence-electron chi connectivity index (χ3n) is 2.62. The van der Waals surface area contributed by atoms with Crippen LogP contribution in [0.3, 0.4) is 0 Å². The summed E-state index contributed by atoms with van der Waals surface area (Å²) >= 11 is 0. The van der Waals surface area contributed by atoms with Crippen LogP contribution >= 0.6 is 0 Å². The fourth-order valence-electron chi connectivity index (χ4n) is 1.66. The highest BCUT2D eigenvalue weighted by Gasteiger charge is 2.10. The van der Waals surface area contributed by atoms with Crippen molar-refractivity contribution in [3.05, 3.63) is 60.2 Å². The van der Waals surface area contributed by atoms with Crippen LogP contribution in [0.2, 0.25) is 0 Å². The second kappa shape index (κ2) is 5.95. The molecule has 0 aliphatic carbocycles. The van der Waals surface area contributed by atoms with Gasteiger partial charge in [-0.2, -0.15) is 0 Å². The molecule has 0 aliphatic rings. The van der Waals surface area contributed by atoms with E-state index in [0.29, 0.717) is 11.3 Å². The first kappa shape index (κ1) is 13.0. The molecule has 1 aromatic heterocycles. The van der Waals surface area contributed by atoms with Crippen LogP contribution in [0.1, 0.15) is 18.5 Å². The standard InChI is InChI=1S/C14H14FN3O/c1-10(11-4-2-5-12(15)8-11)17-14(19)18-13-6-3-7-16-9-13/h2-10H,1H3,(H2,17,18,19). The zero-order valence-electron chi connectivity index (χ0n) is 10.4. The summed E-state index contributed by atoms with van der Waals surface area (Å²) < 4.78 is 13.1. The van der Waals surface area contributed by atoms with Crippen molar-refractivity contribution in [2.45, 2.75) is 13.0 Å². The summed E-state index contributed by atoms with van der Waals surface area (Å²) in [7, 11) is 0. The molecule has 0 bridgehead atoms. The summed E-state index contributed by atoms with van der Waals surface area (Å²) in [5, 5.41) is 5.38. The molecule has 0 aliphatic heterocycles. The van der Waals surface area contributed by atoms with E-state index in [1.165, 1.54) is 12.1 Å². The number of hydrogen-bond acceptors (Lipinski definition) is 2. The second-order valence-corrected chi connectivity index (χ2v) is 4.12. The van der Waals surface area contributed by atoms with Crippen molar-refractivity contribution in [3.8, 4) is 0 Å². The molecule has 0 radical (unpaired) electrons. The zero-order valence-corrected chi connectivity index (χ0v) is 10.4. The third-order valence-corrected chi connectivity index (χ3v) is 2.62. The predicted molar refractivity (Wildman–Crippen MR) is 71.2 cm³/mol. The van der Waals surface area contributed by atoms with E-state index < -0.39 is 0 Å². The lowest BCUT2D eigenvalue weighted by Crippen LogP contribution is -2.31. The largest absolute Gasteiger partial charge is 0.331 e. The number of nitrogens with one attached hydrogen (secondary N) is 2. The molecule has 98 valence electrons. The van der Waals surface area contributed by atoms with Crippen LogP contribution in [-0.4, -0.2) is 11.0 Å². The highest BCUT2D eigenvalue weighted by atomic mass is 19.1. The van der Waals surface area contributed by atoms with Gasteiger partial charge in [0.05, 0.1) is 17.9 Å². The van der Waals surface area contributed by atoms with Gasteiger partial charge in [0.25, 0.3) is 0 Å². The Morgan fingerprint density at radius 3 is 2.84 bits per heavy atom. The monoisotopic (exact) mass is 259 g/mol. The van der Waals surface area contributed by atoms with Gasteiger partial charge in [-0.3, -0.25) is 4.98 Å². The van der Waals surface area contributed by atoms with Gasteiger partial charge < -0.3 is 10.6 Å². The number of anilines is 1. The van der Waals surface area contributed by atoms with Gasteiger partial charge >= 0.3 is 6.03 Å². The number of carbonyl (C=O) groups is 1. The Balaban J connectivity index is 1.95. The topological polar surface area (TPSA) is 54.0 Å². The van der Waals surface area contributed by atoms with Crippen LogP contribution in [0.25, 0.3) is 0 Å². The van der Waals surface area contributed by atoms with Gasteiger partial charge in [0.15, 0.2) is 0 Å². The van der Waals surface area contributed by atoms with Crippen molar-refractivity contribution in [1.82, 2.24) is 10.3 Å². The molecule has 1 unspecified atom stereocenters. The van der Waals surface area contributed by atoms with Crippen molar-refractivity contribution < 1.29 is 9.18 Å². The van der Waals surface area contributed by atoms with E-state index >= 15 is 0 Å². The molecule has 0 fully saturated rings. The van der Waals surface area contributed by atoms with Crippen molar-refractivity contribution in [2.75, 3.05) is 5.32 Å². The molecule has 2 amide bonds. The first-order valence-corrected chi connectivity index (χ1v) is 5.88. The van der Waals surface area contributed by atoms with Gasteiger partial charge in [-0.1, -0.05) is 12.1 Å². The van der Waals surface area contributed by atoms with Gasteiger partial charge in [-0.15, -0.1) is 0 Å². The molecule has 1 atom stereocenters. The van der Waals surface area contributed by atoms with Crippen LogP contribution in [0.15, 0.2) is 48.8 Å². The maximum atomic E-state index is 13.1. The minimum Gasteiger partial charge on any atom is -0.331 e. The van der Waals surface area contributed by atoms with Gasteiger partial charge in [0.1, 0.15) is 5.82 Å². The molecule has 2 rings (SSSR count). The number of amides is 2. The fraction of sp³-hybridized carbons (Fsp3) is 0.143. The first-order chi connectivity index (χ1) is 9.15. The number of hydrogen-bond donors (Lipinski definition) is 2. The maximum Gasteiger partial charge on any atom is 0.319 e. The maximum absolute atomic E-state index is 13.1. The SMILES string of the molecule is CC(NC(=O)Nc1cccnc1)c1cccc(F)c1. The van der Waals surface area contributed by atoms with Crippen LogP contribution in [-0.2, 0) is 0 Å². The Morgan fingerprint density at radius 2 is 2.16 bits per heavy atom. The Labute approximate surface area is 110 Å². The van der Waals surface area contributed by atoms with E-state index in [1.54, 1.807) is 43.6 Å². The fourth-order valence-corrected chi connectivity index (χ4v) is 1.66. The van der Waals surface area contributed by atoms with Crippen molar-refractivity contribution in [3.63, 3.8) is 0 Å². The summed E-state index contributed by atoms with van der Waals surface area (Å²) in [5.41, 5.74) is 1.31. The highest BCUT2D eigenvalue weighted by molar-refractivity contribution is 5.89. The smallest absolute Gasteiger partial charge is 0.319 e. The lowest BCUT2D eigenvalue weighted by Gasteiger charge is -2.15. The average Bonchev–Trinajstić information content (AvgIpc) is 2.39. The van der Waals surface area contributed by atoms with E-state index in [9.17, 15) is 9.18 Å². The number of benzene rings is 1. The van der Waals surface area contributed by atoms with E-state index in [2.05, 4.69) is 15.6 Å². The van der Waals surface area contributed by atoms with E-state index in [4.69, 9.17) is 0 Å². The number of carbonyl (C=O) groups excluding carboxylic acids is 1. The van der Waals surface area contributed by atoms with Gasteiger partial charge in [0.2, 0.25) is 0 Å². The van der Waals surface area contributed by atoms with Crippen LogP contribution in [0, 0.1) is 5.82 Å². The molecule has 5 heteroatoms. The Kier molecular flexibility index (Phi) is 4.07. The van der Waals surface area contributed by atoms with Crippen molar-refractivity contribution in [2.24, 2.45) is 0 Å². The number of halogens is 1. The van der Waals surface area contributed by atoms with E-state index in [0.717, 1.165) is 0 Å². The molecule has 1 heterocycles. The number of urea groups is 1. The van der Waals surface area contributed by atoms with Crippen LogP contribution < -0.4 is 10.6 Å². The van der Waals surface area contributed by atoms with Crippen LogP contribution in [0.5, 0.6) is 0 Å². The van der Waals surface area contributed by atoms with E-state index in [-0.39, 0.29) is 17.9 Å². The molecule has 4 nitrogen and oxygen atoms in total. The first-order valence-electron chi connectivity index (χ1n) is 5.88. The number of nitrogens with zero attached hydrogens (tertiary/aromatic N) is 1. The average molecular weight is 259 g/mol. The molecule has 0 saturated heterocycles. The van der Waals surface area contributed by atoms with Gasteiger partial charge in [-0.05, 0) is 36.8 Å². The second-order valence-electron chi connectivity index (χ2n) is 4.12. The molecule has 19 heavy (non-hydrogen) atoms. The molecular weight excluding hydrogens is 245 g/mol. The normalized spacial score (nSPS) is 11.7. The lowest BCUT2D eigenvalue weighted by atomic mass is 10.1. The highest BCUT2D eigenvalue weighted by Crippen LogP contribution is 2.13. The molecule has 1 aromatic carbocycles. The summed E-state index contributed by atoms with van der Waals surface area (Å²) in [5.74, 6) is -0.321. The molecule has 2 N–H and O–H groups in total. The van der Waals surface area contributed by atoms with Gasteiger partial charge in [0, 0.05) is 6.20 Å². The summed E-state index contributed by atoms with van der Waals surface area (Å²) in [6.45, 7) is 1.79. The number of pyridine rings is 1. The zero-order chi connectivity index (χ0) is 13.7. The van der Waals surface area contributed by atoms with Gasteiger partial charge in [-0.25, -0.2) is 9.18 Å². The Hall–Kier alpha value is -2.43. The molecule has 0 saturated carbocycles. The van der Waals surface area contributed by atoms with Crippen molar-refractivity contribution >= 4 is 11.7 Å². The Morgan fingerprint density at radius 1 is 1.32 bits per heavy atom. The summed E-state index contributed by atoms with van der Waals surface area (Å²) in [6.07, 6.45) is 3.17. The molecule has 0 spiro atoms. The summed E-state index contributed by atoms with van der Waals surface area (Å²) in [4.78, 5) is 15.6. The lowest BCUT2D eigenvalue weighted by molar-refractivity contribution is 0.249. The minimum atomic E-state index is -0.357. The summed E-state index contributed by atoms with van der Waals surface area (Å²) in [6, 6.07) is 8.96. The third kappa shape index (κ3) is 3.77. The molecular formula is C14H14FN3O. The van der Waals surface area contributed by atoms with Crippen LogP contribution in [0.4, 0.5) is 14.9 Å². The predicted octanol–water partition coefficient (Wildman–Crippen LogP) is 3.10. The number of rotatable bonds is 3. The minimum absolute atomic E-state index is 0.285.